The van der Waals surface area contributed by atoms with Crippen LogP contribution in [0.15, 0.2) is 41.9 Å². The summed E-state index contributed by atoms with van der Waals surface area (Å²) in [4.78, 5) is 51.0. The van der Waals surface area contributed by atoms with Crippen molar-refractivity contribution in [3.63, 3.8) is 0 Å². The number of thiazole rings is 1. The molecule has 0 spiro atoms. The van der Waals surface area contributed by atoms with E-state index in [2.05, 4.69) is 66.4 Å². The van der Waals surface area contributed by atoms with Crippen LogP contribution in [0.5, 0.6) is 0 Å². The topological polar surface area (TPSA) is 151 Å². The fourth-order valence-corrected chi connectivity index (χ4v) is 8.63. The first-order valence-corrected chi connectivity index (χ1v) is 19.4. The van der Waals surface area contributed by atoms with Gasteiger partial charge in [0, 0.05) is 65.6 Å². The Morgan fingerprint density at radius 3 is 2.77 bits per heavy atom. The van der Waals surface area contributed by atoms with Crippen LogP contribution in [-0.4, -0.2) is 69.7 Å². The Balaban J connectivity index is 1.35. The van der Waals surface area contributed by atoms with Crippen molar-refractivity contribution >= 4 is 40.0 Å². The van der Waals surface area contributed by atoms with E-state index in [1.807, 2.05) is 18.4 Å². The summed E-state index contributed by atoms with van der Waals surface area (Å²) in [6, 6.07) is 10.9. The normalized spacial score (nSPS) is 21.9. The molecule has 0 radical (unpaired) electrons. The van der Waals surface area contributed by atoms with Crippen molar-refractivity contribution in [1.82, 2.24) is 30.3 Å². The molecule has 3 atom stereocenters. The molecule has 53 heavy (non-hydrogen) atoms. The third kappa shape index (κ3) is 6.96. The summed E-state index contributed by atoms with van der Waals surface area (Å²) >= 11 is 1.43. The molecule has 13 heteroatoms. The number of carbonyl (C=O) groups excluding carboxylic acids is 3. The highest BCUT2D eigenvalue weighted by Crippen LogP contribution is 2.43. The molecule has 1 saturated carbocycles. The summed E-state index contributed by atoms with van der Waals surface area (Å²) in [5, 5.41) is 17.9. The standard InChI is InChI=1S/C40H47N7O5S/c1-6-46-32-13-12-25-18-27(32)28(35(46)26-10-7-16-42-34(26)24(2)51-5)20-39(3,4)23-52-37(49)29-11-8-17-47(45-29)36(48)30(19-33-43-31(25)21-53-33)44-38(50)40(22-41)14-9-15-40/h7,10,12-13,16,18,21,24,29-30,45H,6,8-9,11,14-15,17,19-20,23H2,1-5H3,(H,44,50)/t24-,29-,30-/m0/s1. The minimum atomic E-state index is -1.13. The lowest BCUT2D eigenvalue weighted by Crippen LogP contribution is -2.61. The molecule has 5 heterocycles. The molecule has 3 aromatic heterocycles. The number of pyridine rings is 1. The summed E-state index contributed by atoms with van der Waals surface area (Å²) < 4.78 is 14.1. The van der Waals surface area contributed by atoms with Gasteiger partial charge in [-0.3, -0.25) is 24.4 Å². The SMILES string of the molecule is CCn1c(-c2cccnc2[C@H](C)OC)c2c3cc(ccc31)-c1csc(n1)C[C@H](NC(=O)C1(C#N)CCC1)C(=O)N1CCC[C@H](N1)C(=O)OCC(C)(C)C2. The molecule has 3 aliphatic rings. The number of aromatic nitrogens is 3. The third-order valence-electron chi connectivity index (χ3n) is 11.0. The number of rotatable bonds is 6. The predicted molar refractivity (Wildman–Crippen MR) is 201 cm³/mol. The minimum Gasteiger partial charge on any atom is -0.464 e. The van der Waals surface area contributed by atoms with Gasteiger partial charge in [0.1, 0.15) is 17.5 Å². The number of nitriles is 1. The highest BCUT2D eigenvalue weighted by molar-refractivity contribution is 7.10. The molecule has 2 N–H and O–H groups in total. The van der Waals surface area contributed by atoms with Crippen LogP contribution in [0.3, 0.4) is 0 Å². The number of hydrazine groups is 1. The Morgan fingerprint density at radius 2 is 2.06 bits per heavy atom. The first-order valence-electron chi connectivity index (χ1n) is 18.5. The van der Waals surface area contributed by atoms with E-state index in [0.29, 0.717) is 43.7 Å². The number of fused-ring (bicyclic) bond motifs is 6. The second-order valence-electron chi connectivity index (χ2n) is 15.3. The summed E-state index contributed by atoms with van der Waals surface area (Å²) in [5.41, 5.74) is 8.29. The molecule has 2 aliphatic heterocycles. The Hall–Kier alpha value is -4.64. The Bertz CT molecular complexity index is 2090. The van der Waals surface area contributed by atoms with Gasteiger partial charge in [-0.2, -0.15) is 5.26 Å². The van der Waals surface area contributed by atoms with Gasteiger partial charge in [0.05, 0.1) is 40.9 Å². The maximum Gasteiger partial charge on any atom is 0.324 e. The summed E-state index contributed by atoms with van der Waals surface area (Å²) in [6.07, 6.45) is 5.11. The molecule has 0 unspecified atom stereocenters. The molecule has 2 fully saturated rings. The van der Waals surface area contributed by atoms with Crippen molar-refractivity contribution in [3.8, 4) is 28.6 Å². The number of ether oxygens (including phenoxy) is 2. The lowest BCUT2D eigenvalue weighted by atomic mass is 9.69. The molecule has 1 saturated heterocycles. The van der Waals surface area contributed by atoms with Crippen LogP contribution >= 0.6 is 11.3 Å². The summed E-state index contributed by atoms with van der Waals surface area (Å²) in [5.74, 6) is -1.25. The van der Waals surface area contributed by atoms with Gasteiger partial charge in [-0.25, -0.2) is 10.4 Å². The fraction of sp³-hybridized carbons (Fsp3) is 0.500. The zero-order chi connectivity index (χ0) is 37.5. The third-order valence-corrected chi connectivity index (χ3v) is 11.9. The second kappa shape index (κ2) is 14.6. The van der Waals surface area contributed by atoms with Gasteiger partial charge in [0.15, 0.2) is 0 Å². The number of carbonyl (C=O) groups is 3. The number of cyclic esters (lactones) is 1. The maximum atomic E-state index is 14.1. The molecular formula is C40H47N7O5S. The lowest BCUT2D eigenvalue weighted by molar-refractivity contribution is -0.155. The number of amides is 2. The summed E-state index contributed by atoms with van der Waals surface area (Å²) in [7, 11) is 1.69. The highest BCUT2D eigenvalue weighted by Gasteiger charge is 2.46. The molecule has 1 aliphatic carbocycles. The van der Waals surface area contributed by atoms with Gasteiger partial charge in [-0.05, 0) is 82.2 Å². The molecule has 278 valence electrons. The van der Waals surface area contributed by atoms with Gasteiger partial charge in [0.2, 0.25) is 5.91 Å². The molecule has 7 rings (SSSR count). The quantitative estimate of drug-likeness (QED) is 0.231. The molecule has 4 aromatic rings. The Kier molecular flexibility index (Phi) is 10.1. The number of methoxy groups -OCH3 is 1. The number of hydrogen-bond acceptors (Lipinski definition) is 10. The minimum absolute atomic E-state index is 0.142. The molecule has 6 bridgehead atoms. The van der Waals surface area contributed by atoms with Crippen molar-refractivity contribution < 1.29 is 23.9 Å². The number of aryl methyl sites for hydroxylation is 1. The Morgan fingerprint density at radius 1 is 1.25 bits per heavy atom. The van der Waals surface area contributed by atoms with Crippen LogP contribution < -0.4 is 10.7 Å². The first-order chi connectivity index (χ1) is 25.5. The maximum absolute atomic E-state index is 14.1. The van der Waals surface area contributed by atoms with E-state index in [1.54, 1.807) is 13.3 Å². The van der Waals surface area contributed by atoms with Crippen molar-refractivity contribution in [1.29, 1.82) is 5.26 Å². The van der Waals surface area contributed by atoms with Crippen LogP contribution in [0.1, 0.15) is 82.2 Å². The lowest BCUT2D eigenvalue weighted by Gasteiger charge is -2.37. The number of hydrogen-bond donors (Lipinski definition) is 2. The number of benzene rings is 1. The van der Waals surface area contributed by atoms with Gasteiger partial charge < -0.3 is 19.4 Å². The highest BCUT2D eigenvalue weighted by atomic mass is 32.1. The smallest absolute Gasteiger partial charge is 0.324 e. The van der Waals surface area contributed by atoms with E-state index in [9.17, 15) is 19.6 Å². The summed E-state index contributed by atoms with van der Waals surface area (Å²) in [6.45, 7) is 9.58. The van der Waals surface area contributed by atoms with Crippen molar-refractivity contribution in [2.45, 2.75) is 97.4 Å². The average molecular weight is 738 g/mol. The average Bonchev–Trinajstić information content (AvgIpc) is 3.74. The first kappa shape index (κ1) is 36.7. The van der Waals surface area contributed by atoms with E-state index in [-0.39, 0.29) is 25.0 Å². The van der Waals surface area contributed by atoms with Gasteiger partial charge >= 0.3 is 5.97 Å². The van der Waals surface area contributed by atoms with E-state index in [0.717, 1.165) is 57.6 Å². The molecular weight excluding hydrogens is 691 g/mol. The van der Waals surface area contributed by atoms with Crippen LogP contribution in [-0.2, 0) is 43.2 Å². The van der Waals surface area contributed by atoms with Crippen LogP contribution in [0.2, 0.25) is 0 Å². The van der Waals surface area contributed by atoms with E-state index in [1.165, 1.54) is 16.3 Å². The van der Waals surface area contributed by atoms with Gasteiger partial charge in [-0.15, -0.1) is 11.3 Å². The largest absolute Gasteiger partial charge is 0.464 e. The molecule has 2 amide bonds. The van der Waals surface area contributed by atoms with Crippen molar-refractivity contribution in [2.24, 2.45) is 10.8 Å². The van der Waals surface area contributed by atoms with Crippen LogP contribution in [0.25, 0.3) is 33.4 Å². The van der Waals surface area contributed by atoms with Crippen molar-refractivity contribution in [3.05, 3.63) is 58.2 Å². The Labute approximate surface area is 313 Å². The second-order valence-corrected chi connectivity index (χ2v) is 16.2. The van der Waals surface area contributed by atoms with E-state index in [4.69, 9.17) is 19.4 Å². The van der Waals surface area contributed by atoms with Crippen LogP contribution in [0, 0.1) is 22.2 Å². The van der Waals surface area contributed by atoms with Crippen molar-refractivity contribution in [2.75, 3.05) is 20.3 Å². The monoisotopic (exact) mass is 737 g/mol. The number of nitrogens with one attached hydrogen (secondary N) is 2. The number of nitrogens with zero attached hydrogens (tertiary/aromatic N) is 5. The van der Waals surface area contributed by atoms with E-state index >= 15 is 0 Å². The molecule has 12 nitrogen and oxygen atoms in total. The van der Waals surface area contributed by atoms with Gasteiger partial charge in [0.25, 0.3) is 5.91 Å². The predicted octanol–water partition coefficient (Wildman–Crippen LogP) is 5.90. The molecule has 1 aromatic carbocycles. The zero-order valence-corrected chi connectivity index (χ0v) is 31.8. The fourth-order valence-electron chi connectivity index (χ4n) is 7.78. The van der Waals surface area contributed by atoms with E-state index < -0.39 is 34.8 Å². The zero-order valence-electron chi connectivity index (χ0n) is 31.0. The number of esters is 1. The van der Waals surface area contributed by atoms with Gasteiger partial charge in [-0.1, -0.05) is 19.9 Å². The van der Waals surface area contributed by atoms with Crippen LogP contribution in [0.4, 0.5) is 0 Å².